The summed E-state index contributed by atoms with van der Waals surface area (Å²) in [6, 6.07) is 3.32. The summed E-state index contributed by atoms with van der Waals surface area (Å²) in [6.45, 7) is 1.10. The number of carbonyl (C=O) groups is 2. The van der Waals surface area contributed by atoms with Crippen LogP contribution in [0.25, 0.3) is 0 Å². The standard InChI is InChI=1S/C14H18N2O3/c17-13(15-9-11-3-2-8-19-11)12-4-1-7-16(12)14(18)10-5-6-10/h2-3,8,10,12H,1,4-7,9H2,(H,15,17). The molecule has 1 saturated carbocycles. The molecule has 0 radical (unpaired) electrons. The Morgan fingerprint density at radius 2 is 2.21 bits per heavy atom. The van der Waals surface area contributed by atoms with E-state index < -0.39 is 0 Å². The van der Waals surface area contributed by atoms with Crippen molar-refractivity contribution in [2.24, 2.45) is 5.92 Å². The first kappa shape index (κ1) is 12.3. The first-order valence-electron chi connectivity index (χ1n) is 6.86. The molecule has 2 aliphatic rings. The molecule has 1 unspecified atom stereocenters. The second-order valence-corrected chi connectivity index (χ2v) is 5.26. The van der Waals surface area contributed by atoms with Gasteiger partial charge in [0.1, 0.15) is 11.8 Å². The largest absolute Gasteiger partial charge is 0.467 e. The van der Waals surface area contributed by atoms with Gasteiger partial charge in [-0.2, -0.15) is 0 Å². The number of rotatable bonds is 4. The van der Waals surface area contributed by atoms with Gasteiger partial charge in [-0.3, -0.25) is 9.59 Å². The van der Waals surface area contributed by atoms with Gasteiger partial charge >= 0.3 is 0 Å². The summed E-state index contributed by atoms with van der Waals surface area (Å²) in [4.78, 5) is 26.0. The molecule has 1 aliphatic carbocycles. The summed E-state index contributed by atoms with van der Waals surface area (Å²) < 4.78 is 5.17. The van der Waals surface area contributed by atoms with Crippen molar-refractivity contribution in [3.8, 4) is 0 Å². The first-order valence-corrected chi connectivity index (χ1v) is 6.86. The second-order valence-electron chi connectivity index (χ2n) is 5.26. The maximum atomic E-state index is 12.2. The van der Waals surface area contributed by atoms with Crippen LogP contribution in [0.2, 0.25) is 0 Å². The van der Waals surface area contributed by atoms with E-state index in [2.05, 4.69) is 5.32 Å². The predicted octanol–water partition coefficient (Wildman–Crippen LogP) is 1.30. The van der Waals surface area contributed by atoms with Crippen molar-refractivity contribution in [3.63, 3.8) is 0 Å². The Morgan fingerprint density at radius 3 is 2.89 bits per heavy atom. The molecule has 1 aromatic heterocycles. The third kappa shape index (κ3) is 2.64. The SMILES string of the molecule is O=C(NCc1ccco1)C1CCCN1C(=O)C1CC1. The van der Waals surface area contributed by atoms with E-state index in [1.807, 2.05) is 6.07 Å². The predicted molar refractivity (Wildman–Crippen MR) is 68.0 cm³/mol. The number of hydrogen-bond acceptors (Lipinski definition) is 3. The van der Waals surface area contributed by atoms with Gasteiger partial charge in [-0.1, -0.05) is 0 Å². The Hall–Kier alpha value is -1.78. The second kappa shape index (κ2) is 5.07. The fourth-order valence-electron chi connectivity index (χ4n) is 2.57. The van der Waals surface area contributed by atoms with E-state index >= 15 is 0 Å². The maximum Gasteiger partial charge on any atom is 0.243 e. The molecule has 1 aromatic rings. The molecule has 5 heteroatoms. The lowest BCUT2D eigenvalue weighted by Crippen LogP contribution is -2.46. The van der Waals surface area contributed by atoms with Crippen LogP contribution in [0, 0.1) is 5.92 Å². The van der Waals surface area contributed by atoms with Crippen LogP contribution in [0.4, 0.5) is 0 Å². The van der Waals surface area contributed by atoms with Gasteiger partial charge in [0.05, 0.1) is 12.8 Å². The van der Waals surface area contributed by atoms with E-state index in [0.29, 0.717) is 13.1 Å². The number of nitrogens with one attached hydrogen (secondary N) is 1. The molecule has 1 N–H and O–H groups in total. The van der Waals surface area contributed by atoms with Crippen LogP contribution < -0.4 is 5.32 Å². The monoisotopic (exact) mass is 262 g/mol. The summed E-state index contributed by atoms with van der Waals surface area (Å²) in [6.07, 6.45) is 5.23. The van der Waals surface area contributed by atoms with E-state index in [0.717, 1.165) is 31.4 Å². The molecule has 1 saturated heterocycles. The molecule has 3 rings (SSSR count). The van der Waals surface area contributed by atoms with Crippen molar-refractivity contribution in [2.45, 2.75) is 38.3 Å². The molecule has 19 heavy (non-hydrogen) atoms. The number of furan rings is 1. The lowest BCUT2D eigenvalue weighted by atomic mass is 10.2. The highest BCUT2D eigenvalue weighted by atomic mass is 16.3. The molecule has 2 heterocycles. The summed E-state index contributed by atoms with van der Waals surface area (Å²) in [5.41, 5.74) is 0. The van der Waals surface area contributed by atoms with Crippen molar-refractivity contribution < 1.29 is 14.0 Å². The van der Waals surface area contributed by atoms with Crippen molar-refractivity contribution in [1.82, 2.24) is 10.2 Å². The Labute approximate surface area is 111 Å². The van der Waals surface area contributed by atoms with Gasteiger partial charge < -0.3 is 14.6 Å². The highest BCUT2D eigenvalue weighted by molar-refractivity contribution is 5.89. The fraction of sp³-hybridized carbons (Fsp3) is 0.571. The summed E-state index contributed by atoms with van der Waals surface area (Å²) in [7, 11) is 0. The third-order valence-electron chi connectivity index (χ3n) is 3.78. The molecule has 1 atom stereocenters. The van der Waals surface area contributed by atoms with Gasteiger partial charge in [-0.15, -0.1) is 0 Å². The molecule has 2 amide bonds. The Balaban J connectivity index is 1.57. The molecule has 0 aromatic carbocycles. The van der Waals surface area contributed by atoms with E-state index in [1.165, 1.54) is 0 Å². The molecule has 2 fully saturated rings. The van der Waals surface area contributed by atoms with Crippen molar-refractivity contribution in [2.75, 3.05) is 6.54 Å². The molecular formula is C14H18N2O3. The van der Waals surface area contributed by atoms with Crippen LogP contribution in [0.15, 0.2) is 22.8 Å². The minimum atomic E-state index is -0.289. The van der Waals surface area contributed by atoms with Crippen LogP contribution in [-0.2, 0) is 16.1 Å². The minimum absolute atomic E-state index is 0.0668. The molecule has 0 bridgehead atoms. The van der Waals surface area contributed by atoms with Crippen molar-refractivity contribution in [1.29, 1.82) is 0 Å². The van der Waals surface area contributed by atoms with Gasteiger partial charge in [-0.05, 0) is 37.8 Å². The topological polar surface area (TPSA) is 62.6 Å². The highest BCUT2D eigenvalue weighted by Gasteiger charge is 2.40. The molecule has 102 valence electrons. The van der Waals surface area contributed by atoms with Gasteiger partial charge in [-0.25, -0.2) is 0 Å². The van der Waals surface area contributed by atoms with Gasteiger partial charge in [0.2, 0.25) is 11.8 Å². The molecule has 1 aliphatic heterocycles. The van der Waals surface area contributed by atoms with E-state index in [-0.39, 0.29) is 23.8 Å². The minimum Gasteiger partial charge on any atom is -0.467 e. The van der Waals surface area contributed by atoms with Crippen LogP contribution in [0.5, 0.6) is 0 Å². The Bertz CT molecular complexity index is 465. The van der Waals surface area contributed by atoms with E-state index in [9.17, 15) is 9.59 Å². The number of hydrogen-bond donors (Lipinski definition) is 1. The fourth-order valence-corrected chi connectivity index (χ4v) is 2.57. The normalized spacial score (nSPS) is 22.5. The zero-order valence-electron chi connectivity index (χ0n) is 10.8. The number of carbonyl (C=O) groups excluding carboxylic acids is 2. The maximum absolute atomic E-state index is 12.2. The van der Waals surface area contributed by atoms with Gasteiger partial charge in [0.15, 0.2) is 0 Å². The molecule has 5 nitrogen and oxygen atoms in total. The Morgan fingerprint density at radius 1 is 1.37 bits per heavy atom. The number of amides is 2. The zero-order chi connectivity index (χ0) is 13.2. The third-order valence-corrected chi connectivity index (χ3v) is 3.78. The lowest BCUT2D eigenvalue weighted by Gasteiger charge is -2.23. The smallest absolute Gasteiger partial charge is 0.243 e. The van der Waals surface area contributed by atoms with Crippen LogP contribution >= 0.6 is 0 Å². The zero-order valence-corrected chi connectivity index (χ0v) is 10.8. The quantitative estimate of drug-likeness (QED) is 0.889. The Kier molecular flexibility index (Phi) is 3.27. The van der Waals surface area contributed by atoms with Crippen molar-refractivity contribution >= 4 is 11.8 Å². The van der Waals surface area contributed by atoms with Crippen LogP contribution in [0.1, 0.15) is 31.4 Å². The van der Waals surface area contributed by atoms with Crippen LogP contribution in [0.3, 0.4) is 0 Å². The highest BCUT2D eigenvalue weighted by Crippen LogP contribution is 2.33. The first-order chi connectivity index (χ1) is 9.25. The average molecular weight is 262 g/mol. The number of nitrogens with zero attached hydrogens (tertiary/aromatic N) is 1. The van der Waals surface area contributed by atoms with Gasteiger partial charge in [0.25, 0.3) is 0 Å². The molecule has 0 spiro atoms. The van der Waals surface area contributed by atoms with Crippen LogP contribution in [-0.4, -0.2) is 29.3 Å². The average Bonchev–Trinajstić information content (AvgIpc) is 2.94. The molecular weight excluding hydrogens is 244 g/mol. The summed E-state index contributed by atoms with van der Waals surface area (Å²) >= 11 is 0. The van der Waals surface area contributed by atoms with E-state index in [4.69, 9.17) is 4.42 Å². The summed E-state index contributed by atoms with van der Waals surface area (Å²) in [5, 5.41) is 2.84. The number of likely N-dealkylation sites (tertiary alicyclic amines) is 1. The van der Waals surface area contributed by atoms with Crippen molar-refractivity contribution in [3.05, 3.63) is 24.2 Å². The lowest BCUT2D eigenvalue weighted by molar-refractivity contribution is -0.139. The van der Waals surface area contributed by atoms with Gasteiger partial charge in [0, 0.05) is 12.5 Å². The summed E-state index contributed by atoms with van der Waals surface area (Å²) in [5.74, 6) is 1.00. The van der Waals surface area contributed by atoms with E-state index in [1.54, 1.807) is 17.2 Å².